The highest BCUT2D eigenvalue weighted by molar-refractivity contribution is 5.90. The van der Waals surface area contributed by atoms with Crippen LogP contribution in [0, 0.1) is 0 Å². The van der Waals surface area contributed by atoms with Gasteiger partial charge in [-0.3, -0.25) is 4.68 Å². The largest absolute Gasteiger partial charge is 0.391 e. The molecule has 0 saturated heterocycles. The number of amides is 2. The maximum Gasteiger partial charge on any atom is 0.319 e. The van der Waals surface area contributed by atoms with E-state index in [2.05, 4.69) is 21.8 Å². The zero-order valence-corrected chi connectivity index (χ0v) is 13.7. The molecule has 1 heterocycles. The van der Waals surface area contributed by atoms with Crippen molar-refractivity contribution in [1.82, 2.24) is 15.1 Å². The Morgan fingerprint density at radius 2 is 2.08 bits per heavy atom. The van der Waals surface area contributed by atoms with Crippen LogP contribution in [0.25, 0.3) is 0 Å². The van der Waals surface area contributed by atoms with Crippen LogP contribution < -0.4 is 10.6 Å². The fourth-order valence-corrected chi connectivity index (χ4v) is 3.60. The molecule has 3 N–H and O–H groups in total. The minimum Gasteiger partial charge on any atom is -0.391 e. The Balaban J connectivity index is 1.50. The maximum absolute atomic E-state index is 12.5. The van der Waals surface area contributed by atoms with Gasteiger partial charge in [-0.15, -0.1) is 0 Å². The monoisotopic (exact) mass is 326 g/mol. The molecule has 1 aromatic carbocycles. The van der Waals surface area contributed by atoms with Crippen molar-refractivity contribution < 1.29 is 9.90 Å². The summed E-state index contributed by atoms with van der Waals surface area (Å²) in [4.78, 5) is 12.5. The molecule has 0 bridgehead atoms. The van der Waals surface area contributed by atoms with Crippen LogP contribution in [0.4, 0.5) is 10.5 Å². The highest BCUT2D eigenvalue weighted by Gasteiger charge is 2.32. The van der Waals surface area contributed by atoms with Crippen LogP contribution in [-0.4, -0.2) is 27.0 Å². The first-order valence-corrected chi connectivity index (χ1v) is 8.49. The molecule has 0 radical (unpaired) electrons. The minimum atomic E-state index is -0.567. The van der Waals surface area contributed by atoms with E-state index in [-0.39, 0.29) is 12.1 Å². The summed E-state index contributed by atoms with van der Waals surface area (Å²) in [7, 11) is 1.90. The van der Waals surface area contributed by atoms with E-state index in [1.807, 2.05) is 29.9 Å². The molecule has 0 spiro atoms. The molecule has 1 saturated carbocycles. The van der Waals surface area contributed by atoms with Crippen molar-refractivity contribution in [3.8, 4) is 0 Å². The van der Waals surface area contributed by atoms with Crippen molar-refractivity contribution in [2.24, 2.45) is 7.05 Å². The number of aliphatic hydroxyl groups is 1. The summed E-state index contributed by atoms with van der Waals surface area (Å²) >= 11 is 0. The lowest BCUT2D eigenvalue weighted by Gasteiger charge is -2.31. The Kier molecular flexibility index (Phi) is 3.76. The third-order valence-electron chi connectivity index (χ3n) is 4.97. The van der Waals surface area contributed by atoms with Crippen LogP contribution in [0.15, 0.2) is 30.5 Å². The number of carbonyl (C=O) groups excluding carboxylic acids is 1. The second-order valence-corrected chi connectivity index (χ2v) is 6.72. The van der Waals surface area contributed by atoms with Crippen molar-refractivity contribution in [1.29, 1.82) is 0 Å². The zero-order valence-electron chi connectivity index (χ0n) is 13.7. The quantitative estimate of drug-likeness (QED) is 0.811. The van der Waals surface area contributed by atoms with Gasteiger partial charge in [0, 0.05) is 13.0 Å². The molecule has 2 aromatic rings. The lowest BCUT2D eigenvalue weighted by atomic mass is 9.86. The van der Waals surface area contributed by atoms with Crippen LogP contribution in [0.2, 0.25) is 0 Å². The molecule has 6 heteroatoms. The summed E-state index contributed by atoms with van der Waals surface area (Å²) in [5.74, 6) is 0.494. The van der Waals surface area contributed by atoms with Crippen molar-refractivity contribution >= 4 is 11.7 Å². The van der Waals surface area contributed by atoms with Gasteiger partial charge in [0.2, 0.25) is 0 Å². The lowest BCUT2D eigenvalue weighted by molar-refractivity contribution is 0.115. The van der Waals surface area contributed by atoms with Gasteiger partial charge in [-0.25, -0.2) is 4.79 Å². The zero-order chi connectivity index (χ0) is 16.7. The van der Waals surface area contributed by atoms with Crippen LogP contribution >= 0.6 is 0 Å². The van der Waals surface area contributed by atoms with Crippen molar-refractivity contribution in [3.05, 3.63) is 47.3 Å². The van der Waals surface area contributed by atoms with E-state index in [0.717, 1.165) is 36.2 Å². The van der Waals surface area contributed by atoms with E-state index in [4.69, 9.17) is 0 Å². The van der Waals surface area contributed by atoms with Gasteiger partial charge in [0.25, 0.3) is 0 Å². The average molecular weight is 326 g/mol. The Hall–Kier alpha value is -2.34. The first-order chi connectivity index (χ1) is 11.6. The summed E-state index contributed by atoms with van der Waals surface area (Å²) in [6.07, 6.45) is 4.91. The van der Waals surface area contributed by atoms with Crippen LogP contribution in [0.1, 0.15) is 48.0 Å². The Morgan fingerprint density at radius 3 is 2.88 bits per heavy atom. The molecule has 6 nitrogen and oxygen atoms in total. The third kappa shape index (κ3) is 2.78. The van der Waals surface area contributed by atoms with Crippen molar-refractivity contribution in [2.75, 3.05) is 5.32 Å². The van der Waals surface area contributed by atoms with Gasteiger partial charge in [-0.05, 0) is 36.8 Å². The summed E-state index contributed by atoms with van der Waals surface area (Å²) in [6.45, 7) is 0. The highest BCUT2D eigenvalue weighted by Crippen LogP contribution is 2.43. The molecule has 2 amide bonds. The fourth-order valence-electron chi connectivity index (χ4n) is 3.60. The molecule has 126 valence electrons. The molecule has 1 aromatic heterocycles. The number of rotatable bonds is 3. The van der Waals surface area contributed by atoms with Gasteiger partial charge in [0.15, 0.2) is 0 Å². The number of benzene rings is 1. The fraction of sp³-hybridized carbons (Fsp3) is 0.444. The maximum atomic E-state index is 12.5. The first kappa shape index (κ1) is 15.2. The van der Waals surface area contributed by atoms with E-state index >= 15 is 0 Å². The molecule has 1 fully saturated rings. The first-order valence-electron chi connectivity index (χ1n) is 8.49. The Labute approximate surface area is 140 Å². The SMILES string of the molecule is Cn1ncc(NC(=O)N[C@H]2c3ccccc3CC[C@H]2O)c1C1CC1. The molecule has 2 atom stereocenters. The molecular weight excluding hydrogens is 304 g/mol. The topological polar surface area (TPSA) is 79.2 Å². The van der Waals surface area contributed by atoms with Crippen LogP contribution in [0.3, 0.4) is 0 Å². The average Bonchev–Trinajstić information content (AvgIpc) is 3.34. The van der Waals surface area contributed by atoms with Gasteiger partial charge >= 0.3 is 6.03 Å². The number of carbonyl (C=O) groups is 1. The smallest absolute Gasteiger partial charge is 0.319 e. The van der Waals surface area contributed by atoms with Crippen molar-refractivity contribution in [2.45, 2.75) is 43.7 Å². The van der Waals surface area contributed by atoms with Crippen LogP contribution in [0.5, 0.6) is 0 Å². The summed E-state index contributed by atoms with van der Waals surface area (Å²) in [5.41, 5.74) is 4.03. The van der Waals surface area contributed by atoms with E-state index in [0.29, 0.717) is 12.3 Å². The van der Waals surface area contributed by atoms with Crippen molar-refractivity contribution in [3.63, 3.8) is 0 Å². The van der Waals surface area contributed by atoms with Gasteiger partial charge in [-0.2, -0.15) is 5.10 Å². The molecule has 24 heavy (non-hydrogen) atoms. The molecular formula is C18H22N4O2. The normalized spacial score (nSPS) is 22.8. The molecule has 4 rings (SSSR count). The van der Waals surface area contributed by atoms with E-state index in [1.165, 1.54) is 5.56 Å². The number of hydrogen-bond donors (Lipinski definition) is 3. The van der Waals surface area contributed by atoms with Gasteiger partial charge in [0.1, 0.15) is 0 Å². The van der Waals surface area contributed by atoms with Gasteiger partial charge in [0.05, 0.1) is 29.7 Å². The van der Waals surface area contributed by atoms with Gasteiger partial charge in [-0.1, -0.05) is 24.3 Å². The molecule has 0 aliphatic heterocycles. The Morgan fingerprint density at radius 1 is 1.29 bits per heavy atom. The third-order valence-corrected chi connectivity index (χ3v) is 4.97. The molecule has 0 unspecified atom stereocenters. The van der Waals surface area contributed by atoms with Gasteiger partial charge < -0.3 is 15.7 Å². The highest BCUT2D eigenvalue weighted by atomic mass is 16.3. The molecule has 2 aliphatic rings. The van der Waals surface area contributed by atoms with E-state index in [9.17, 15) is 9.90 Å². The number of aromatic nitrogens is 2. The predicted molar refractivity (Wildman–Crippen MR) is 90.8 cm³/mol. The van der Waals surface area contributed by atoms with E-state index in [1.54, 1.807) is 6.20 Å². The second-order valence-electron chi connectivity index (χ2n) is 6.72. The predicted octanol–water partition coefficient (Wildman–Crippen LogP) is 2.47. The summed E-state index contributed by atoms with van der Waals surface area (Å²) in [5, 5.41) is 20.4. The second kappa shape index (κ2) is 5.94. The molecule has 2 aliphatic carbocycles. The number of aryl methyl sites for hydroxylation is 2. The van der Waals surface area contributed by atoms with Crippen LogP contribution in [-0.2, 0) is 13.5 Å². The number of fused-ring (bicyclic) bond motifs is 1. The number of nitrogens with one attached hydrogen (secondary N) is 2. The minimum absolute atomic E-state index is 0.300. The standard InChI is InChI=1S/C18H22N4O2/c1-22-17(12-6-7-12)14(10-19-22)20-18(24)21-16-13-5-3-2-4-11(13)8-9-15(16)23/h2-5,10,12,15-16,23H,6-9H2,1H3,(H2,20,21,24)/t15-,16+/m1/s1. The number of anilines is 1. The van der Waals surface area contributed by atoms with E-state index < -0.39 is 6.10 Å². The number of hydrogen-bond acceptors (Lipinski definition) is 3. The Bertz CT molecular complexity index is 766. The summed E-state index contributed by atoms with van der Waals surface area (Å²) < 4.78 is 1.83. The number of aliphatic hydroxyl groups excluding tert-OH is 1. The number of urea groups is 1. The lowest BCUT2D eigenvalue weighted by Crippen LogP contribution is -2.41. The summed E-state index contributed by atoms with van der Waals surface area (Å²) in [6, 6.07) is 7.28. The number of nitrogens with zero attached hydrogens (tertiary/aromatic N) is 2.